The summed E-state index contributed by atoms with van der Waals surface area (Å²) in [5.41, 5.74) is 0.791. The molecule has 0 bridgehead atoms. The van der Waals surface area contributed by atoms with Gasteiger partial charge in [-0.15, -0.1) is 11.8 Å². The average Bonchev–Trinajstić information content (AvgIpc) is 2.49. The molecule has 0 spiro atoms. The predicted octanol–water partition coefficient (Wildman–Crippen LogP) is 3.49. The van der Waals surface area contributed by atoms with Gasteiger partial charge in [-0.05, 0) is 25.0 Å². The van der Waals surface area contributed by atoms with Gasteiger partial charge in [0.25, 0.3) is 5.91 Å². The van der Waals surface area contributed by atoms with Gasteiger partial charge in [0, 0.05) is 23.8 Å². The zero-order valence-corrected chi connectivity index (χ0v) is 12.9. The molecule has 1 fully saturated rings. The van der Waals surface area contributed by atoms with Gasteiger partial charge in [0.1, 0.15) is 0 Å². The highest BCUT2D eigenvalue weighted by molar-refractivity contribution is 7.99. The summed E-state index contributed by atoms with van der Waals surface area (Å²) in [5, 5.41) is 3.18. The summed E-state index contributed by atoms with van der Waals surface area (Å²) in [6.45, 7) is 0.698. The Morgan fingerprint density at radius 2 is 2.05 bits per heavy atom. The lowest BCUT2D eigenvalue weighted by molar-refractivity contribution is 0.0924. The summed E-state index contributed by atoms with van der Waals surface area (Å²) in [7, 11) is 1.70. The van der Waals surface area contributed by atoms with Crippen molar-refractivity contribution in [2.24, 2.45) is 0 Å². The highest BCUT2D eigenvalue weighted by atomic mass is 32.2. The van der Waals surface area contributed by atoms with Crippen LogP contribution in [0.15, 0.2) is 29.2 Å². The highest BCUT2D eigenvalue weighted by Crippen LogP contribution is 2.23. The molecule has 4 heteroatoms. The zero-order chi connectivity index (χ0) is 14.2. The first kappa shape index (κ1) is 15.4. The van der Waals surface area contributed by atoms with Crippen molar-refractivity contribution in [2.45, 2.75) is 43.0 Å². The molecule has 20 heavy (non-hydrogen) atoms. The number of methoxy groups -OCH3 is 1. The van der Waals surface area contributed by atoms with Crippen molar-refractivity contribution in [1.82, 2.24) is 5.32 Å². The molecule has 0 unspecified atom stereocenters. The van der Waals surface area contributed by atoms with Crippen molar-refractivity contribution >= 4 is 17.7 Å². The van der Waals surface area contributed by atoms with Gasteiger partial charge in [0.15, 0.2) is 0 Å². The van der Waals surface area contributed by atoms with Gasteiger partial charge in [-0.2, -0.15) is 0 Å². The number of amides is 1. The van der Waals surface area contributed by atoms with Gasteiger partial charge in [-0.3, -0.25) is 4.79 Å². The minimum absolute atomic E-state index is 0.0671. The first-order chi connectivity index (χ1) is 9.81. The summed E-state index contributed by atoms with van der Waals surface area (Å²) in [6.07, 6.45) is 6.00. The number of carbonyl (C=O) groups excluding carboxylic acids is 1. The fourth-order valence-electron chi connectivity index (χ4n) is 2.53. The summed E-state index contributed by atoms with van der Waals surface area (Å²) in [4.78, 5) is 13.5. The van der Waals surface area contributed by atoms with Crippen LogP contribution < -0.4 is 5.32 Å². The second-order valence-electron chi connectivity index (χ2n) is 5.15. The van der Waals surface area contributed by atoms with E-state index in [2.05, 4.69) is 5.32 Å². The van der Waals surface area contributed by atoms with E-state index in [0.29, 0.717) is 12.6 Å². The normalized spacial score (nSPS) is 16.1. The van der Waals surface area contributed by atoms with Crippen LogP contribution in [0.5, 0.6) is 0 Å². The molecule has 1 saturated carbocycles. The lowest BCUT2D eigenvalue weighted by Gasteiger charge is -2.23. The maximum Gasteiger partial charge on any atom is 0.252 e. The molecule has 2 rings (SSSR count). The van der Waals surface area contributed by atoms with Gasteiger partial charge in [0.05, 0.1) is 12.2 Å². The minimum Gasteiger partial charge on any atom is -0.384 e. The van der Waals surface area contributed by atoms with Crippen molar-refractivity contribution < 1.29 is 9.53 Å². The van der Waals surface area contributed by atoms with Crippen LogP contribution in [0.3, 0.4) is 0 Å². The Morgan fingerprint density at radius 3 is 2.80 bits per heavy atom. The Balaban J connectivity index is 1.97. The van der Waals surface area contributed by atoms with Crippen molar-refractivity contribution in [3.63, 3.8) is 0 Å². The molecular formula is C16H23NO2S. The number of hydrogen-bond acceptors (Lipinski definition) is 3. The molecule has 110 valence electrons. The van der Waals surface area contributed by atoms with Gasteiger partial charge < -0.3 is 10.1 Å². The van der Waals surface area contributed by atoms with Gasteiger partial charge >= 0.3 is 0 Å². The molecule has 0 aliphatic heterocycles. The minimum atomic E-state index is 0.0671. The molecule has 0 radical (unpaired) electrons. The van der Waals surface area contributed by atoms with Crippen LogP contribution in [0.25, 0.3) is 0 Å². The number of hydrogen-bond donors (Lipinski definition) is 1. The topological polar surface area (TPSA) is 38.3 Å². The van der Waals surface area contributed by atoms with Crippen LogP contribution >= 0.6 is 11.8 Å². The first-order valence-electron chi connectivity index (χ1n) is 7.33. The Bertz CT molecular complexity index is 430. The van der Waals surface area contributed by atoms with E-state index < -0.39 is 0 Å². The fourth-order valence-corrected chi connectivity index (χ4v) is 3.49. The molecule has 0 saturated heterocycles. The largest absolute Gasteiger partial charge is 0.384 e. The predicted molar refractivity (Wildman–Crippen MR) is 83.4 cm³/mol. The molecule has 1 aromatic carbocycles. The van der Waals surface area contributed by atoms with Crippen LogP contribution in [0.1, 0.15) is 42.5 Å². The molecule has 3 nitrogen and oxygen atoms in total. The van der Waals surface area contributed by atoms with E-state index >= 15 is 0 Å². The smallest absolute Gasteiger partial charge is 0.252 e. The number of ether oxygens (including phenoxy) is 1. The number of carbonyl (C=O) groups is 1. The van der Waals surface area contributed by atoms with E-state index in [-0.39, 0.29) is 5.91 Å². The van der Waals surface area contributed by atoms with Crippen molar-refractivity contribution in [3.8, 4) is 0 Å². The lowest BCUT2D eigenvalue weighted by atomic mass is 9.95. The highest BCUT2D eigenvalue weighted by Gasteiger charge is 2.18. The zero-order valence-electron chi connectivity index (χ0n) is 12.1. The SMILES string of the molecule is COCCSc1ccccc1C(=O)NC1CCCCC1. The van der Waals surface area contributed by atoms with Crippen LogP contribution in [-0.2, 0) is 4.74 Å². The van der Waals surface area contributed by atoms with E-state index in [4.69, 9.17) is 4.74 Å². The molecule has 1 aliphatic carbocycles. The van der Waals surface area contributed by atoms with E-state index in [0.717, 1.165) is 29.1 Å². The molecule has 1 aromatic rings. The van der Waals surface area contributed by atoms with E-state index in [1.807, 2.05) is 24.3 Å². The van der Waals surface area contributed by atoms with Crippen molar-refractivity contribution in [3.05, 3.63) is 29.8 Å². The summed E-state index contributed by atoms with van der Waals surface area (Å²) < 4.78 is 5.06. The molecule has 1 amide bonds. The number of thioether (sulfide) groups is 1. The first-order valence-corrected chi connectivity index (χ1v) is 8.31. The van der Waals surface area contributed by atoms with E-state index in [1.54, 1.807) is 18.9 Å². The van der Waals surface area contributed by atoms with E-state index in [1.165, 1.54) is 19.3 Å². The van der Waals surface area contributed by atoms with Crippen LogP contribution in [0.2, 0.25) is 0 Å². The maximum atomic E-state index is 12.4. The lowest BCUT2D eigenvalue weighted by Crippen LogP contribution is -2.36. The van der Waals surface area contributed by atoms with Crippen LogP contribution in [0, 0.1) is 0 Å². The summed E-state index contributed by atoms with van der Waals surface area (Å²) in [5.74, 6) is 0.932. The molecular weight excluding hydrogens is 270 g/mol. The third kappa shape index (κ3) is 4.53. The van der Waals surface area contributed by atoms with Crippen LogP contribution in [0.4, 0.5) is 0 Å². The third-order valence-electron chi connectivity index (χ3n) is 3.62. The monoisotopic (exact) mass is 293 g/mol. The molecule has 0 aromatic heterocycles. The number of benzene rings is 1. The Kier molecular flexibility index (Phi) is 6.40. The second kappa shape index (κ2) is 8.32. The number of nitrogens with one attached hydrogen (secondary N) is 1. The quantitative estimate of drug-likeness (QED) is 0.644. The third-order valence-corrected chi connectivity index (χ3v) is 4.65. The van der Waals surface area contributed by atoms with Crippen molar-refractivity contribution in [2.75, 3.05) is 19.5 Å². The summed E-state index contributed by atoms with van der Waals surface area (Å²) in [6, 6.07) is 8.18. The molecule has 1 N–H and O–H groups in total. The molecule has 0 atom stereocenters. The fraction of sp³-hybridized carbons (Fsp3) is 0.562. The molecule has 1 aliphatic rings. The number of rotatable bonds is 6. The van der Waals surface area contributed by atoms with Gasteiger partial charge in [0.2, 0.25) is 0 Å². The van der Waals surface area contributed by atoms with Gasteiger partial charge in [-0.1, -0.05) is 31.4 Å². The Hall–Kier alpha value is -1.00. The van der Waals surface area contributed by atoms with Crippen molar-refractivity contribution in [1.29, 1.82) is 0 Å². The van der Waals surface area contributed by atoms with E-state index in [9.17, 15) is 4.79 Å². The standard InChI is InChI=1S/C16H23NO2S/c1-19-11-12-20-15-10-6-5-9-14(15)16(18)17-13-7-3-2-4-8-13/h5-6,9-10,13H,2-4,7-8,11-12H2,1H3,(H,17,18). The Morgan fingerprint density at radius 1 is 1.30 bits per heavy atom. The summed E-state index contributed by atoms with van der Waals surface area (Å²) >= 11 is 1.68. The molecule has 0 heterocycles. The Labute approximate surface area is 125 Å². The van der Waals surface area contributed by atoms with Crippen LogP contribution in [-0.4, -0.2) is 31.4 Å². The average molecular weight is 293 g/mol. The maximum absolute atomic E-state index is 12.4. The second-order valence-corrected chi connectivity index (χ2v) is 6.28. The van der Waals surface area contributed by atoms with Gasteiger partial charge in [-0.25, -0.2) is 0 Å².